The monoisotopic (exact) mass is 805 g/mol. The zero-order valence-electron chi connectivity index (χ0n) is 39.4. The summed E-state index contributed by atoms with van der Waals surface area (Å²) in [6.07, 6.45) is 59.7. The van der Waals surface area contributed by atoms with Crippen LogP contribution in [-0.4, -0.2) is 38.5 Å². The molecule has 4 nitrogen and oxygen atoms in total. The molecule has 57 heavy (non-hydrogen) atoms. The van der Waals surface area contributed by atoms with Crippen molar-refractivity contribution in [2.45, 2.75) is 297 Å². The zero-order chi connectivity index (χ0) is 41.2. The van der Waals surface area contributed by atoms with Gasteiger partial charge in [-0.25, -0.2) is 0 Å². The van der Waals surface area contributed by atoms with Gasteiger partial charge in [0.2, 0.25) is 0 Å². The lowest BCUT2D eigenvalue weighted by Crippen LogP contribution is -2.28. The first-order valence-corrected chi connectivity index (χ1v) is 26.2. The van der Waals surface area contributed by atoms with E-state index in [0.29, 0.717) is 19.6 Å². The Balaban J connectivity index is 4.09. The van der Waals surface area contributed by atoms with Gasteiger partial charge in [0.1, 0.15) is 12.7 Å². The third kappa shape index (κ3) is 49.4. The van der Waals surface area contributed by atoms with E-state index in [-0.39, 0.29) is 12.1 Å². The first-order valence-electron chi connectivity index (χ1n) is 26.2. The Morgan fingerprint density at radius 2 is 0.684 bits per heavy atom. The van der Waals surface area contributed by atoms with Gasteiger partial charge in [0.15, 0.2) is 0 Å². The van der Waals surface area contributed by atoms with E-state index in [1.54, 1.807) is 0 Å². The number of rotatable bonds is 50. The maximum absolute atomic E-state index is 12.6. The Bertz CT molecular complexity index is 766. The smallest absolute Gasteiger partial charge is 0.305 e. The average Bonchev–Trinajstić information content (AvgIpc) is 3.22. The predicted octanol–water partition coefficient (Wildman–Crippen LogP) is 17.9. The van der Waals surface area contributed by atoms with Crippen LogP contribution in [0.2, 0.25) is 0 Å². The van der Waals surface area contributed by atoms with Crippen molar-refractivity contribution in [3.8, 4) is 0 Å². The summed E-state index contributed by atoms with van der Waals surface area (Å²) in [6.45, 7) is 9.23. The highest BCUT2D eigenvalue weighted by atomic mass is 16.6. The van der Waals surface area contributed by atoms with Gasteiger partial charge in [0.05, 0.1) is 6.61 Å². The Labute approximate surface area is 359 Å². The molecule has 0 aliphatic carbocycles. The maximum atomic E-state index is 12.6. The van der Waals surface area contributed by atoms with Crippen LogP contribution in [-0.2, 0) is 19.0 Å². The SMILES string of the molecule is CCCCCCCC/C=C\CCCCCCCC(=O)OCC(COCCCCCCCCCCCCCCCC)OCCCCCCCCCCCCCCCC. The van der Waals surface area contributed by atoms with E-state index in [0.717, 1.165) is 38.9 Å². The first-order chi connectivity index (χ1) is 28.2. The van der Waals surface area contributed by atoms with Gasteiger partial charge in [0.25, 0.3) is 0 Å². The Morgan fingerprint density at radius 3 is 1.07 bits per heavy atom. The Kier molecular flexibility index (Phi) is 50.5. The molecule has 0 rings (SSSR count). The van der Waals surface area contributed by atoms with Gasteiger partial charge in [-0.05, 0) is 44.9 Å². The number of esters is 1. The van der Waals surface area contributed by atoms with Crippen LogP contribution in [0.1, 0.15) is 290 Å². The van der Waals surface area contributed by atoms with Crippen LogP contribution < -0.4 is 0 Å². The van der Waals surface area contributed by atoms with Crippen LogP contribution in [0.3, 0.4) is 0 Å². The van der Waals surface area contributed by atoms with Crippen LogP contribution >= 0.6 is 0 Å². The molecule has 0 aliphatic heterocycles. The summed E-state index contributed by atoms with van der Waals surface area (Å²) in [7, 11) is 0. The van der Waals surface area contributed by atoms with Gasteiger partial charge in [-0.15, -0.1) is 0 Å². The highest BCUT2D eigenvalue weighted by Crippen LogP contribution is 2.16. The lowest BCUT2D eigenvalue weighted by Gasteiger charge is -2.18. The van der Waals surface area contributed by atoms with Gasteiger partial charge < -0.3 is 14.2 Å². The molecule has 0 saturated heterocycles. The number of ether oxygens (including phenoxy) is 3. The molecule has 0 aromatic heterocycles. The van der Waals surface area contributed by atoms with Gasteiger partial charge in [-0.2, -0.15) is 0 Å². The minimum atomic E-state index is -0.156. The molecule has 0 N–H and O–H groups in total. The summed E-state index contributed by atoms with van der Waals surface area (Å²) in [5.74, 6) is -0.0790. The second kappa shape index (κ2) is 51.3. The lowest BCUT2D eigenvalue weighted by atomic mass is 10.0. The lowest BCUT2D eigenvalue weighted by molar-refractivity contribution is -0.150. The predicted molar refractivity (Wildman–Crippen MR) is 252 cm³/mol. The van der Waals surface area contributed by atoms with Crippen molar-refractivity contribution >= 4 is 5.97 Å². The van der Waals surface area contributed by atoms with E-state index in [9.17, 15) is 4.79 Å². The molecule has 0 fully saturated rings. The standard InChI is InChI=1S/C53H104O4/c1-4-7-10-13-16-19-22-25-28-29-32-35-38-41-44-47-53(54)57-51-52(56-49-46-43-40-37-34-31-27-24-21-18-15-12-9-6-3)50-55-48-45-42-39-36-33-30-26-23-20-17-14-11-8-5-2/h25,28,52H,4-24,26-27,29-51H2,1-3H3/b28-25-. The van der Waals surface area contributed by atoms with Crippen molar-refractivity contribution in [2.75, 3.05) is 26.4 Å². The third-order valence-electron chi connectivity index (χ3n) is 11.9. The minimum Gasteiger partial charge on any atom is -0.463 e. The van der Waals surface area contributed by atoms with Crippen LogP contribution in [0.25, 0.3) is 0 Å². The molecule has 0 heterocycles. The zero-order valence-corrected chi connectivity index (χ0v) is 39.4. The third-order valence-corrected chi connectivity index (χ3v) is 11.9. The summed E-state index contributed by atoms with van der Waals surface area (Å²) in [5, 5.41) is 0. The van der Waals surface area contributed by atoms with Crippen LogP contribution in [0.15, 0.2) is 12.2 Å². The highest BCUT2D eigenvalue weighted by Gasteiger charge is 2.13. The Hall–Kier alpha value is -0.870. The molecule has 0 aromatic rings. The molecule has 0 aliphatic rings. The number of carbonyl (C=O) groups excluding carboxylic acids is 1. The molecule has 0 amide bonds. The summed E-state index contributed by atoms with van der Waals surface area (Å²) in [5.41, 5.74) is 0. The second-order valence-electron chi connectivity index (χ2n) is 17.8. The van der Waals surface area contributed by atoms with E-state index in [1.165, 1.54) is 238 Å². The first kappa shape index (κ1) is 56.1. The number of hydrogen-bond acceptors (Lipinski definition) is 4. The number of unbranched alkanes of at least 4 members (excludes halogenated alkanes) is 37. The van der Waals surface area contributed by atoms with Gasteiger partial charge in [-0.3, -0.25) is 4.79 Å². The van der Waals surface area contributed by atoms with Crippen molar-refractivity contribution in [1.29, 1.82) is 0 Å². The summed E-state index contributed by atoms with van der Waals surface area (Å²) < 4.78 is 18.1. The van der Waals surface area contributed by atoms with Gasteiger partial charge in [-0.1, -0.05) is 251 Å². The summed E-state index contributed by atoms with van der Waals surface area (Å²) >= 11 is 0. The maximum Gasteiger partial charge on any atom is 0.305 e. The van der Waals surface area contributed by atoms with Crippen LogP contribution in [0.4, 0.5) is 0 Å². The van der Waals surface area contributed by atoms with Crippen molar-refractivity contribution in [3.05, 3.63) is 12.2 Å². The fourth-order valence-electron chi connectivity index (χ4n) is 7.90. The molecule has 0 saturated carbocycles. The molecule has 4 heteroatoms. The molecule has 0 bridgehead atoms. The van der Waals surface area contributed by atoms with E-state index in [4.69, 9.17) is 14.2 Å². The quantitative estimate of drug-likeness (QED) is 0.0349. The fraction of sp³-hybridized carbons (Fsp3) is 0.943. The fourth-order valence-corrected chi connectivity index (χ4v) is 7.90. The van der Waals surface area contributed by atoms with Crippen LogP contribution in [0, 0.1) is 0 Å². The number of allylic oxidation sites excluding steroid dienone is 2. The van der Waals surface area contributed by atoms with E-state index in [1.807, 2.05) is 0 Å². The van der Waals surface area contributed by atoms with Crippen molar-refractivity contribution < 1.29 is 19.0 Å². The molecule has 0 spiro atoms. The summed E-state index contributed by atoms with van der Waals surface area (Å²) in [6, 6.07) is 0. The minimum absolute atomic E-state index is 0.0790. The average molecular weight is 805 g/mol. The topological polar surface area (TPSA) is 44.8 Å². The van der Waals surface area contributed by atoms with E-state index < -0.39 is 0 Å². The van der Waals surface area contributed by atoms with Crippen molar-refractivity contribution in [1.82, 2.24) is 0 Å². The number of carbonyl (C=O) groups is 1. The van der Waals surface area contributed by atoms with Gasteiger partial charge >= 0.3 is 5.97 Å². The largest absolute Gasteiger partial charge is 0.463 e. The highest BCUT2D eigenvalue weighted by molar-refractivity contribution is 5.69. The van der Waals surface area contributed by atoms with Crippen molar-refractivity contribution in [3.63, 3.8) is 0 Å². The van der Waals surface area contributed by atoms with Crippen LogP contribution in [0.5, 0.6) is 0 Å². The molecular formula is C53H104O4. The van der Waals surface area contributed by atoms with E-state index >= 15 is 0 Å². The Morgan fingerprint density at radius 1 is 0.368 bits per heavy atom. The van der Waals surface area contributed by atoms with Gasteiger partial charge in [0, 0.05) is 19.6 Å². The molecular weight excluding hydrogens is 701 g/mol. The molecule has 0 radical (unpaired) electrons. The number of hydrogen-bond donors (Lipinski definition) is 0. The second-order valence-corrected chi connectivity index (χ2v) is 17.8. The van der Waals surface area contributed by atoms with E-state index in [2.05, 4.69) is 32.9 Å². The van der Waals surface area contributed by atoms with Crippen molar-refractivity contribution in [2.24, 2.45) is 0 Å². The molecule has 340 valence electrons. The molecule has 0 aromatic carbocycles. The summed E-state index contributed by atoms with van der Waals surface area (Å²) in [4.78, 5) is 12.6. The normalized spacial score (nSPS) is 12.3. The molecule has 1 unspecified atom stereocenters. The molecule has 1 atom stereocenters.